The lowest BCUT2D eigenvalue weighted by Gasteiger charge is -2.16. The maximum absolute atomic E-state index is 11.4. The van der Waals surface area contributed by atoms with Crippen LogP contribution < -0.4 is 11.1 Å². The van der Waals surface area contributed by atoms with Gasteiger partial charge in [0.1, 0.15) is 0 Å². The maximum atomic E-state index is 11.4. The zero-order valence-electron chi connectivity index (χ0n) is 10.1. The van der Waals surface area contributed by atoms with E-state index in [1.165, 1.54) is 7.11 Å². The van der Waals surface area contributed by atoms with Crippen LogP contribution in [-0.2, 0) is 19.1 Å². The van der Waals surface area contributed by atoms with Gasteiger partial charge >= 0.3 is 11.9 Å². The van der Waals surface area contributed by atoms with E-state index in [4.69, 9.17) is 20.7 Å². The topological polar surface area (TPSA) is 139 Å². The first kappa shape index (κ1) is 16.3. The van der Waals surface area contributed by atoms with Gasteiger partial charge in [-0.25, -0.2) is 0 Å². The van der Waals surface area contributed by atoms with Crippen molar-refractivity contribution in [3.05, 3.63) is 0 Å². The molecule has 0 saturated heterocycles. The van der Waals surface area contributed by atoms with Crippen LogP contribution in [-0.4, -0.2) is 53.9 Å². The van der Waals surface area contributed by atoms with E-state index in [1.807, 2.05) is 0 Å². The Labute approximate surface area is 104 Å². The first-order valence-corrected chi connectivity index (χ1v) is 5.36. The highest BCUT2D eigenvalue weighted by Crippen LogP contribution is 1.98. The van der Waals surface area contributed by atoms with Crippen LogP contribution in [0.3, 0.4) is 0 Å². The van der Waals surface area contributed by atoms with Gasteiger partial charge in [-0.2, -0.15) is 0 Å². The lowest BCUT2D eigenvalue weighted by molar-refractivity contribution is -0.140. The molecule has 0 bridgehead atoms. The van der Waals surface area contributed by atoms with Crippen molar-refractivity contribution in [2.24, 2.45) is 5.73 Å². The Morgan fingerprint density at radius 3 is 2.33 bits per heavy atom. The number of hydrogen-bond acceptors (Lipinski definition) is 5. The fourth-order valence-corrected chi connectivity index (χ4v) is 1.19. The summed E-state index contributed by atoms with van der Waals surface area (Å²) in [6.07, 6.45) is -1.05. The molecule has 2 unspecified atom stereocenters. The molecule has 0 heterocycles. The Kier molecular flexibility index (Phi) is 7.64. The van der Waals surface area contributed by atoms with E-state index in [-0.39, 0.29) is 25.8 Å². The number of nitrogens with two attached hydrogens (primary N) is 1. The highest BCUT2D eigenvalue weighted by molar-refractivity contribution is 5.82. The van der Waals surface area contributed by atoms with Crippen LogP contribution in [0.2, 0.25) is 0 Å². The van der Waals surface area contributed by atoms with E-state index in [9.17, 15) is 14.4 Å². The van der Waals surface area contributed by atoms with E-state index < -0.39 is 30.0 Å². The first-order chi connectivity index (χ1) is 8.36. The average Bonchev–Trinajstić information content (AvgIpc) is 2.30. The summed E-state index contributed by atoms with van der Waals surface area (Å²) in [6, 6.07) is -0.927. The van der Waals surface area contributed by atoms with Gasteiger partial charge in [-0.05, 0) is 6.42 Å². The normalized spacial score (nSPS) is 13.7. The summed E-state index contributed by atoms with van der Waals surface area (Å²) >= 11 is 0. The molecule has 0 saturated carbocycles. The molecule has 0 radical (unpaired) electrons. The van der Waals surface area contributed by atoms with Crippen molar-refractivity contribution in [2.75, 3.05) is 13.7 Å². The molecule has 1 amide bonds. The third-order valence-corrected chi connectivity index (χ3v) is 2.25. The second kappa shape index (κ2) is 8.43. The number of carbonyl (C=O) groups is 3. The number of ether oxygens (including phenoxy) is 1. The van der Waals surface area contributed by atoms with Crippen LogP contribution >= 0.6 is 0 Å². The molecule has 0 fully saturated rings. The van der Waals surface area contributed by atoms with Crippen LogP contribution in [0.5, 0.6) is 0 Å². The van der Waals surface area contributed by atoms with E-state index in [0.717, 1.165) is 0 Å². The van der Waals surface area contributed by atoms with Gasteiger partial charge in [0.15, 0.2) is 0 Å². The molecule has 0 rings (SSSR count). The predicted octanol–water partition coefficient (Wildman–Crippen LogP) is -1.22. The molecule has 0 aliphatic heterocycles. The largest absolute Gasteiger partial charge is 0.481 e. The van der Waals surface area contributed by atoms with E-state index in [2.05, 4.69) is 5.32 Å². The predicted molar refractivity (Wildman–Crippen MR) is 60.9 cm³/mol. The van der Waals surface area contributed by atoms with Crippen LogP contribution in [0.1, 0.15) is 19.3 Å². The minimum Gasteiger partial charge on any atom is -0.481 e. The lowest BCUT2D eigenvalue weighted by Crippen LogP contribution is -2.44. The summed E-state index contributed by atoms with van der Waals surface area (Å²) in [7, 11) is 1.34. The maximum Gasteiger partial charge on any atom is 0.306 e. The molecule has 2 atom stereocenters. The number of nitrogens with one attached hydrogen (secondary N) is 1. The summed E-state index contributed by atoms with van der Waals surface area (Å²) < 4.78 is 4.86. The number of methoxy groups -OCH3 is 1. The molecule has 104 valence electrons. The Balaban J connectivity index is 3.99. The molecule has 0 aromatic rings. The highest BCUT2D eigenvalue weighted by atomic mass is 16.5. The number of hydrogen-bond donors (Lipinski definition) is 4. The van der Waals surface area contributed by atoms with Gasteiger partial charge in [-0.3, -0.25) is 14.4 Å². The van der Waals surface area contributed by atoms with E-state index >= 15 is 0 Å². The second-order valence-electron chi connectivity index (χ2n) is 3.74. The van der Waals surface area contributed by atoms with E-state index in [1.54, 1.807) is 0 Å². The van der Waals surface area contributed by atoms with Crippen LogP contribution in [0.15, 0.2) is 0 Å². The summed E-state index contributed by atoms with van der Waals surface area (Å²) in [5, 5.41) is 19.4. The van der Waals surface area contributed by atoms with Gasteiger partial charge in [-0.15, -0.1) is 0 Å². The number of rotatable bonds is 9. The minimum absolute atomic E-state index is 0.0163. The second-order valence-corrected chi connectivity index (χ2v) is 3.74. The van der Waals surface area contributed by atoms with Crippen molar-refractivity contribution in [3.63, 3.8) is 0 Å². The van der Waals surface area contributed by atoms with Gasteiger partial charge in [0.2, 0.25) is 5.91 Å². The lowest BCUT2D eigenvalue weighted by atomic mass is 10.1. The van der Waals surface area contributed by atoms with Crippen LogP contribution in [0, 0.1) is 0 Å². The van der Waals surface area contributed by atoms with Gasteiger partial charge < -0.3 is 26.0 Å². The number of aliphatic carboxylic acids is 2. The quantitative estimate of drug-likeness (QED) is 0.408. The zero-order valence-corrected chi connectivity index (χ0v) is 10.1. The molecular formula is C10H18N2O6. The SMILES string of the molecule is COC(CNC(=O)C(N)CCC(=O)O)CC(=O)O. The smallest absolute Gasteiger partial charge is 0.306 e. The number of carbonyl (C=O) groups excluding carboxylic acids is 1. The van der Waals surface area contributed by atoms with Gasteiger partial charge in [0.25, 0.3) is 0 Å². The Morgan fingerprint density at radius 2 is 1.89 bits per heavy atom. The Morgan fingerprint density at radius 1 is 1.28 bits per heavy atom. The highest BCUT2D eigenvalue weighted by Gasteiger charge is 2.17. The zero-order chi connectivity index (χ0) is 14.1. The number of amides is 1. The van der Waals surface area contributed by atoms with E-state index in [0.29, 0.717) is 0 Å². The third kappa shape index (κ3) is 7.58. The van der Waals surface area contributed by atoms with Gasteiger partial charge in [0.05, 0.1) is 18.6 Å². The summed E-state index contributed by atoms with van der Waals surface area (Å²) in [6.45, 7) is 0.0163. The number of carboxylic acids is 2. The van der Waals surface area contributed by atoms with Crippen molar-refractivity contribution in [1.29, 1.82) is 0 Å². The van der Waals surface area contributed by atoms with Crippen molar-refractivity contribution >= 4 is 17.8 Å². The van der Waals surface area contributed by atoms with Crippen molar-refractivity contribution in [1.82, 2.24) is 5.32 Å². The van der Waals surface area contributed by atoms with Crippen molar-refractivity contribution in [3.8, 4) is 0 Å². The Bertz CT molecular complexity index is 307. The molecule has 8 heteroatoms. The van der Waals surface area contributed by atoms with Crippen LogP contribution in [0.4, 0.5) is 0 Å². The standard InChI is InChI=1S/C10H18N2O6/c1-18-6(4-9(15)16)5-12-10(17)7(11)2-3-8(13)14/h6-7H,2-5,11H2,1H3,(H,12,17)(H,13,14)(H,15,16). The molecular weight excluding hydrogens is 244 g/mol. The molecule has 0 aliphatic carbocycles. The fraction of sp³-hybridized carbons (Fsp3) is 0.700. The molecule has 8 nitrogen and oxygen atoms in total. The molecule has 18 heavy (non-hydrogen) atoms. The molecule has 0 aliphatic rings. The monoisotopic (exact) mass is 262 g/mol. The molecule has 0 aromatic carbocycles. The summed E-state index contributed by atoms with van der Waals surface area (Å²) in [4.78, 5) is 32.2. The third-order valence-electron chi connectivity index (χ3n) is 2.25. The first-order valence-electron chi connectivity index (χ1n) is 5.36. The molecule has 5 N–H and O–H groups in total. The molecule has 0 aromatic heterocycles. The summed E-state index contributed by atoms with van der Waals surface area (Å²) in [5.74, 6) is -2.59. The minimum atomic E-state index is -1.04. The Hall–Kier alpha value is -1.67. The van der Waals surface area contributed by atoms with Gasteiger partial charge in [-0.1, -0.05) is 0 Å². The fourth-order valence-electron chi connectivity index (χ4n) is 1.19. The summed E-state index contributed by atoms with van der Waals surface area (Å²) in [5.41, 5.74) is 5.46. The van der Waals surface area contributed by atoms with Crippen molar-refractivity contribution in [2.45, 2.75) is 31.4 Å². The average molecular weight is 262 g/mol. The molecule has 0 spiro atoms. The number of carboxylic acid groups (broad SMARTS) is 2. The van der Waals surface area contributed by atoms with Gasteiger partial charge in [0, 0.05) is 20.1 Å². The van der Waals surface area contributed by atoms with Crippen LogP contribution in [0.25, 0.3) is 0 Å². The van der Waals surface area contributed by atoms with Crippen molar-refractivity contribution < 1.29 is 29.3 Å².